The van der Waals surface area contributed by atoms with Crippen molar-refractivity contribution in [3.8, 4) is 0 Å². The molecule has 0 aliphatic heterocycles. The van der Waals surface area contributed by atoms with Gasteiger partial charge in [-0.3, -0.25) is 0 Å². The van der Waals surface area contributed by atoms with E-state index in [2.05, 4.69) is 15.3 Å². The van der Waals surface area contributed by atoms with Crippen molar-refractivity contribution in [2.45, 2.75) is 26.4 Å². The summed E-state index contributed by atoms with van der Waals surface area (Å²) >= 11 is 0. The summed E-state index contributed by atoms with van der Waals surface area (Å²) in [5.74, 6) is 1.26. The van der Waals surface area contributed by atoms with Gasteiger partial charge in [-0.2, -0.15) is 0 Å². The topological polar surface area (TPSA) is 56.3 Å². The molecule has 1 aromatic heterocycles. The number of hydrogen-bond donors (Lipinski definition) is 1. The number of halogens is 2. The Morgan fingerprint density at radius 1 is 1.37 bits per heavy atom. The highest BCUT2D eigenvalue weighted by Gasteiger charge is 2.06. The monoisotopic (exact) mass is 275 g/mol. The fourth-order valence-electron chi connectivity index (χ4n) is 1.49. The molecular weight excluding hydrogens is 256 g/mol. The van der Waals surface area contributed by atoms with E-state index < -0.39 is 13.0 Å². The molecule has 0 bridgehead atoms. The molecule has 0 aliphatic rings. The van der Waals surface area contributed by atoms with Crippen LogP contribution in [-0.2, 0) is 22.5 Å². The van der Waals surface area contributed by atoms with Crippen LogP contribution in [0.1, 0.15) is 18.4 Å². The summed E-state index contributed by atoms with van der Waals surface area (Å²) in [6, 6.07) is 1.80. The summed E-state index contributed by atoms with van der Waals surface area (Å²) in [6.07, 6.45) is -2.05. The van der Waals surface area contributed by atoms with Crippen LogP contribution in [-0.4, -0.2) is 43.3 Å². The fourth-order valence-corrected chi connectivity index (χ4v) is 1.49. The van der Waals surface area contributed by atoms with E-state index in [1.165, 1.54) is 0 Å². The number of nitrogens with zero attached hydrogens (tertiary/aromatic N) is 2. The van der Waals surface area contributed by atoms with Crippen molar-refractivity contribution in [2.24, 2.45) is 0 Å². The van der Waals surface area contributed by atoms with E-state index in [0.717, 1.165) is 12.2 Å². The third kappa shape index (κ3) is 6.40. The van der Waals surface area contributed by atoms with Crippen LogP contribution >= 0.6 is 0 Å². The van der Waals surface area contributed by atoms with E-state index in [9.17, 15) is 8.78 Å². The van der Waals surface area contributed by atoms with Crippen LogP contribution in [0.15, 0.2) is 6.07 Å². The summed E-state index contributed by atoms with van der Waals surface area (Å²) in [6.45, 7) is 2.70. The van der Waals surface area contributed by atoms with Gasteiger partial charge in [-0.15, -0.1) is 0 Å². The number of anilines is 1. The van der Waals surface area contributed by atoms with Gasteiger partial charge in [0.1, 0.15) is 18.2 Å². The molecule has 0 atom stereocenters. The number of aromatic nitrogens is 2. The Bertz CT molecular complexity index is 354. The maximum Gasteiger partial charge on any atom is 0.261 e. The minimum Gasteiger partial charge on any atom is -0.378 e. The van der Waals surface area contributed by atoms with Crippen molar-refractivity contribution in [2.75, 3.05) is 32.2 Å². The highest BCUT2D eigenvalue weighted by molar-refractivity contribution is 5.35. The zero-order valence-electron chi connectivity index (χ0n) is 11.2. The fraction of sp³-hybridized carbons (Fsp3) is 0.667. The van der Waals surface area contributed by atoms with Gasteiger partial charge >= 0.3 is 0 Å². The van der Waals surface area contributed by atoms with Gasteiger partial charge in [0.05, 0.1) is 18.9 Å². The molecule has 0 saturated heterocycles. The van der Waals surface area contributed by atoms with Gasteiger partial charge in [-0.05, 0) is 6.92 Å². The molecule has 7 heteroatoms. The highest BCUT2D eigenvalue weighted by Crippen LogP contribution is 2.08. The second-order valence-corrected chi connectivity index (χ2v) is 3.84. The molecule has 0 spiro atoms. The van der Waals surface area contributed by atoms with Gasteiger partial charge in [-0.1, -0.05) is 0 Å². The molecule has 1 heterocycles. The van der Waals surface area contributed by atoms with Crippen LogP contribution in [0.3, 0.4) is 0 Å². The third-order valence-electron chi connectivity index (χ3n) is 2.19. The smallest absolute Gasteiger partial charge is 0.261 e. The number of ether oxygens (including phenoxy) is 2. The predicted molar refractivity (Wildman–Crippen MR) is 67.4 cm³/mol. The van der Waals surface area contributed by atoms with Crippen molar-refractivity contribution in [1.82, 2.24) is 9.97 Å². The predicted octanol–water partition coefficient (Wildman–Crippen LogP) is 1.88. The molecule has 1 N–H and O–H groups in total. The second kappa shape index (κ2) is 8.71. The van der Waals surface area contributed by atoms with Crippen LogP contribution in [0.5, 0.6) is 0 Å². The molecule has 108 valence electrons. The molecule has 0 aromatic carbocycles. The summed E-state index contributed by atoms with van der Waals surface area (Å²) in [5.41, 5.74) is 0.748. The summed E-state index contributed by atoms with van der Waals surface area (Å²) < 4.78 is 33.7. The first kappa shape index (κ1) is 15.7. The minimum absolute atomic E-state index is 0.173. The normalized spacial score (nSPS) is 11.0. The van der Waals surface area contributed by atoms with E-state index in [1.54, 1.807) is 13.2 Å². The first-order valence-corrected chi connectivity index (χ1v) is 6.11. The molecule has 5 nitrogen and oxygen atoms in total. The Kier molecular flexibility index (Phi) is 7.20. The zero-order chi connectivity index (χ0) is 14.1. The number of alkyl halides is 2. The van der Waals surface area contributed by atoms with Crippen molar-refractivity contribution >= 4 is 5.82 Å². The summed E-state index contributed by atoms with van der Waals surface area (Å²) in [7, 11) is 1.58. The van der Waals surface area contributed by atoms with E-state index in [4.69, 9.17) is 9.47 Å². The van der Waals surface area contributed by atoms with E-state index >= 15 is 0 Å². The van der Waals surface area contributed by atoms with E-state index in [-0.39, 0.29) is 6.61 Å². The molecule has 19 heavy (non-hydrogen) atoms. The van der Waals surface area contributed by atoms with Crippen LogP contribution in [0.4, 0.5) is 14.6 Å². The van der Waals surface area contributed by atoms with Gasteiger partial charge in [-0.25, -0.2) is 18.7 Å². The van der Waals surface area contributed by atoms with Crippen LogP contribution in [0.2, 0.25) is 0 Å². The lowest BCUT2D eigenvalue weighted by atomic mass is 10.3. The van der Waals surface area contributed by atoms with Crippen LogP contribution in [0, 0.1) is 0 Å². The highest BCUT2D eigenvalue weighted by atomic mass is 19.3. The molecule has 0 amide bonds. The average Bonchev–Trinajstić information content (AvgIpc) is 2.35. The first-order valence-electron chi connectivity index (χ1n) is 6.11. The largest absolute Gasteiger partial charge is 0.378 e. The Balaban J connectivity index is 2.59. The number of nitrogens with one attached hydrogen (secondary N) is 1. The van der Waals surface area contributed by atoms with Gasteiger partial charge < -0.3 is 14.8 Å². The van der Waals surface area contributed by atoms with Crippen molar-refractivity contribution in [3.63, 3.8) is 0 Å². The second-order valence-electron chi connectivity index (χ2n) is 3.84. The number of rotatable bonds is 9. The average molecular weight is 275 g/mol. The standard InChI is InChI=1S/C12H19F2N3O2/c1-3-15-12-6-9(7-18-2)16-11(17-12)4-5-19-8-10(13)14/h6,10H,3-5,7-8H2,1-2H3,(H,15,16,17). The lowest BCUT2D eigenvalue weighted by Crippen LogP contribution is -2.11. The Hall–Kier alpha value is -1.34. The molecule has 0 aliphatic carbocycles. The lowest BCUT2D eigenvalue weighted by Gasteiger charge is -2.09. The molecule has 0 radical (unpaired) electrons. The molecule has 1 rings (SSSR count). The Morgan fingerprint density at radius 2 is 2.16 bits per heavy atom. The first-order chi connectivity index (χ1) is 9.15. The third-order valence-corrected chi connectivity index (χ3v) is 2.19. The maximum absolute atomic E-state index is 11.9. The SMILES string of the molecule is CCNc1cc(COC)nc(CCOCC(F)F)n1. The van der Waals surface area contributed by atoms with Gasteiger partial charge in [0.25, 0.3) is 6.43 Å². The van der Waals surface area contributed by atoms with Gasteiger partial charge in [0.2, 0.25) is 0 Å². The Labute approximate surface area is 111 Å². The molecule has 1 aromatic rings. The molecular formula is C12H19F2N3O2. The Morgan fingerprint density at radius 3 is 2.79 bits per heavy atom. The van der Waals surface area contributed by atoms with Gasteiger partial charge in [0.15, 0.2) is 0 Å². The van der Waals surface area contributed by atoms with Crippen LogP contribution < -0.4 is 5.32 Å². The maximum atomic E-state index is 11.9. The quantitative estimate of drug-likeness (QED) is 0.697. The lowest BCUT2D eigenvalue weighted by molar-refractivity contribution is 0.0182. The van der Waals surface area contributed by atoms with Gasteiger partial charge in [0, 0.05) is 26.1 Å². The molecule has 0 fully saturated rings. The summed E-state index contributed by atoms with van der Waals surface area (Å²) in [4.78, 5) is 8.56. The minimum atomic E-state index is -2.45. The van der Waals surface area contributed by atoms with Crippen molar-refractivity contribution < 1.29 is 18.3 Å². The van der Waals surface area contributed by atoms with E-state index in [0.29, 0.717) is 24.7 Å². The molecule has 0 saturated carbocycles. The van der Waals surface area contributed by atoms with Crippen LogP contribution in [0.25, 0.3) is 0 Å². The van der Waals surface area contributed by atoms with Crippen molar-refractivity contribution in [1.29, 1.82) is 0 Å². The summed E-state index contributed by atoms with van der Waals surface area (Å²) in [5, 5.41) is 3.09. The number of methoxy groups -OCH3 is 1. The van der Waals surface area contributed by atoms with E-state index in [1.807, 2.05) is 6.92 Å². The zero-order valence-corrected chi connectivity index (χ0v) is 11.2. The number of hydrogen-bond acceptors (Lipinski definition) is 5. The van der Waals surface area contributed by atoms with Crippen molar-refractivity contribution in [3.05, 3.63) is 17.6 Å². The molecule has 0 unspecified atom stereocenters.